The summed E-state index contributed by atoms with van der Waals surface area (Å²) >= 11 is 6.03. The molecule has 6 nitrogen and oxygen atoms in total. The van der Waals surface area contributed by atoms with Crippen LogP contribution in [-0.2, 0) is 16.0 Å². The Morgan fingerprint density at radius 1 is 1.14 bits per heavy atom. The normalized spacial score (nSPS) is 12.8. The molecule has 8 heteroatoms. The van der Waals surface area contributed by atoms with Gasteiger partial charge in [0.15, 0.2) is 5.60 Å². The molecule has 3 rings (SSSR count). The van der Waals surface area contributed by atoms with Gasteiger partial charge in [0.2, 0.25) is 0 Å². The van der Waals surface area contributed by atoms with E-state index in [1.165, 1.54) is 26.0 Å². The molecule has 3 aromatic rings. The number of nitrogens with one attached hydrogen (secondary N) is 1. The van der Waals surface area contributed by atoms with Gasteiger partial charge >= 0.3 is 5.97 Å². The lowest BCUT2D eigenvalue weighted by Gasteiger charge is -2.30. The number of carbonyl (C=O) groups is 2. The lowest BCUT2D eigenvalue weighted by molar-refractivity contribution is -0.138. The first-order valence-corrected chi connectivity index (χ1v) is 11.7. The first-order chi connectivity index (χ1) is 17.0. The van der Waals surface area contributed by atoms with Crippen molar-refractivity contribution < 1.29 is 18.7 Å². The predicted octanol–water partition coefficient (Wildman–Crippen LogP) is 5.40. The second-order valence-corrected chi connectivity index (χ2v) is 9.48. The molecule has 0 saturated carbocycles. The molecule has 186 valence electrons. The molecule has 1 amide bonds. The molecule has 0 aliphatic heterocycles. The molecule has 3 aromatic carbocycles. The number of nitrogen functional groups attached to an aromatic ring is 1. The largest absolute Gasteiger partial charge is 0.446 e. The van der Waals surface area contributed by atoms with Crippen LogP contribution >= 0.6 is 11.6 Å². The highest BCUT2D eigenvalue weighted by molar-refractivity contribution is 6.30. The summed E-state index contributed by atoms with van der Waals surface area (Å²) in [5.41, 5.74) is 5.99. The van der Waals surface area contributed by atoms with Crippen molar-refractivity contribution in [1.29, 1.82) is 5.26 Å². The Kier molecular flexibility index (Phi) is 8.33. The van der Waals surface area contributed by atoms with Crippen molar-refractivity contribution >= 4 is 29.2 Å². The number of benzene rings is 3. The smallest absolute Gasteiger partial charge is 0.344 e. The maximum atomic E-state index is 14.2. The van der Waals surface area contributed by atoms with Crippen LogP contribution in [0.5, 0.6) is 0 Å². The minimum atomic E-state index is -1.61. The van der Waals surface area contributed by atoms with E-state index in [9.17, 15) is 19.2 Å². The Balaban J connectivity index is 1.82. The number of anilines is 1. The number of hydrogen-bond donors (Lipinski definition) is 2. The van der Waals surface area contributed by atoms with E-state index in [1.807, 2.05) is 25.1 Å². The molecule has 0 fully saturated rings. The highest BCUT2D eigenvalue weighted by Gasteiger charge is 2.36. The van der Waals surface area contributed by atoms with Crippen LogP contribution in [0.15, 0.2) is 66.7 Å². The number of carbonyl (C=O) groups excluding carboxylic acids is 2. The minimum absolute atomic E-state index is 0.0787. The average Bonchev–Trinajstić information content (AvgIpc) is 2.83. The van der Waals surface area contributed by atoms with Gasteiger partial charge in [-0.15, -0.1) is 0 Å². The Morgan fingerprint density at radius 3 is 2.44 bits per heavy atom. The number of nitriles is 1. The highest BCUT2D eigenvalue weighted by atomic mass is 35.5. The summed E-state index contributed by atoms with van der Waals surface area (Å²) in [4.78, 5) is 25.8. The molecule has 0 radical (unpaired) electrons. The molecule has 2 atom stereocenters. The average molecular weight is 508 g/mol. The zero-order valence-corrected chi connectivity index (χ0v) is 21.0. The molecular formula is C28H27ClFN3O3. The topological polar surface area (TPSA) is 105 Å². The Bertz CT molecular complexity index is 1280. The lowest BCUT2D eigenvalue weighted by Crippen LogP contribution is -2.50. The van der Waals surface area contributed by atoms with Gasteiger partial charge in [-0.1, -0.05) is 41.9 Å². The van der Waals surface area contributed by atoms with Crippen LogP contribution < -0.4 is 11.1 Å². The molecule has 3 N–H and O–H groups in total. The molecule has 0 spiro atoms. The van der Waals surface area contributed by atoms with E-state index in [2.05, 4.69) is 11.4 Å². The first kappa shape index (κ1) is 26.7. The van der Waals surface area contributed by atoms with E-state index in [1.54, 1.807) is 30.3 Å². The van der Waals surface area contributed by atoms with E-state index >= 15 is 0 Å². The van der Waals surface area contributed by atoms with E-state index in [-0.39, 0.29) is 11.6 Å². The fourth-order valence-corrected chi connectivity index (χ4v) is 3.99. The van der Waals surface area contributed by atoms with Gasteiger partial charge in [0.1, 0.15) is 11.4 Å². The molecular weight excluding hydrogens is 481 g/mol. The van der Waals surface area contributed by atoms with Gasteiger partial charge in [-0.05, 0) is 74.7 Å². The number of esters is 1. The van der Waals surface area contributed by atoms with E-state index < -0.39 is 34.9 Å². The molecule has 2 unspecified atom stereocenters. The molecule has 36 heavy (non-hydrogen) atoms. The fourth-order valence-electron chi connectivity index (χ4n) is 3.86. The Labute approximate surface area is 214 Å². The molecule has 0 heterocycles. The monoisotopic (exact) mass is 507 g/mol. The van der Waals surface area contributed by atoms with Crippen LogP contribution in [0.3, 0.4) is 0 Å². The first-order valence-electron chi connectivity index (χ1n) is 11.3. The SMILES string of the molecule is CC(NC(=O)C(C)(C)OC(=O)c1c(N)cccc1F)C(Cc1ccc(Cl)cc1)c1cccc(C#N)c1. The quantitative estimate of drug-likeness (QED) is 0.314. The fraction of sp³-hybridized carbons (Fsp3) is 0.250. The van der Waals surface area contributed by atoms with Gasteiger partial charge in [-0.2, -0.15) is 5.26 Å². The summed E-state index contributed by atoms with van der Waals surface area (Å²) in [5.74, 6) is -2.63. The Morgan fingerprint density at radius 2 is 1.81 bits per heavy atom. The second-order valence-electron chi connectivity index (χ2n) is 9.04. The van der Waals surface area contributed by atoms with Gasteiger partial charge in [-0.25, -0.2) is 9.18 Å². The zero-order chi connectivity index (χ0) is 26.5. The van der Waals surface area contributed by atoms with Gasteiger partial charge < -0.3 is 15.8 Å². The number of ether oxygens (including phenoxy) is 1. The number of nitrogens with two attached hydrogens (primary N) is 1. The summed E-state index contributed by atoms with van der Waals surface area (Å²) in [5, 5.41) is 12.9. The third-order valence-corrected chi connectivity index (χ3v) is 6.17. The van der Waals surface area contributed by atoms with Gasteiger partial charge in [0.25, 0.3) is 5.91 Å². The van der Waals surface area contributed by atoms with Crippen LogP contribution in [0.25, 0.3) is 0 Å². The summed E-state index contributed by atoms with van der Waals surface area (Å²) in [6.07, 6.45) is 0.555. The van der Waals surface area contributed by atoms with Gasteiger partial charge in [0, 0.05) is 22.7 Å². The van der Waals surface area contributed by atoms with Crippen molar-refractivity contribution in [2.24, 2.45) is 0 Å². The molecule has 0 aliphatic rings. The lowest BCUT2D eigenvalue weighted by atomic mass is 9.85. The summed E-state index contributed by atoms with van der Waals surface area (Å²) in [6, 6.07) is 20.2. The van der Waals surface area contributed by atoms with Crippen molar-refractivity contribution in [2.45, 2.75) is 44.8 Å². The molecule has 0 saturated heterocycles. The van der Waals surface area contributed by atoms with Crippen LogP contribution in [0, 0.1) is 17.1 Å². The number of halogens is 2. The number of nitrogens with zero attached hydrogens (tertiary/aromatic N) is 1. The Hall–Kier alpha value is -3.89. The third kappa shape index (κ3) is 6.41. The maximum absolute atomic E-state index is 14.2. The summed E-state index contributed by atoms with van der Waals surface area (Å²) < 4.78 is 19.5. The van der Waals surface area contributed by atoms with E-state index in [4.69, 9.17) is 22.1 Å². The molecule has 0 aromatic heterocycles. The predicted molar refractivity (Wildman–Crippen MR) is 137 cm³/mol. The molecule has 0 bridgehead atoms. The minimum Gasteiger partial charge on any atom is -0.446 e. The van der Waals surface area contributed by atoms with Crippen LogP contribution in [0.4, 0.5) is 10.1 Å². The van der Waals surface area contributed by atoms with Crippen LogP contribution in [0.1, 0.15) is 53.7 Å². The van der Waals surface area contributed by atoms with Crippen molar-refractivity contribution in [1.82, 2.24) is 5.32 Å². The number of rotatable bonds is 8. The van der Waals surface area contributed by atoms with Crippen LogP contribution in [0.2, 0.25) is 5.02 Å². The second kappa shape index (κ2) is 11.2. The number of hydrogen-bond acceptors (Lipinski definition) is 5. The van der Waals surface area contributed by atoms with E-state index in [0.717, 1.165) is 17.2 Å². The standard InChI is InChI=1S/C28H27ClFN3O3/c1-17(33-27(35)28(2,3)36-26(34)25-23(30)8-5-9-24(25)32)22(15-18-10-12-21(29)13-11-18)20-7-4-6-19(14-20)16-31/h4-14,17,22H,15,32H2,1-3H3,(H,33,35). The maximum Gasteiger partial charge on any atom is 0.344 e. The van der Waals surface area contributed by atoms with Crippen molar-refractivity contribution in [2.75, 3.05) is 5.73 Å². The van der Waals surface area contributed by atoms with Gasteiger partial charge in [0.05, 0.1) is 11.6 Å². The van der Waals surface area contributed by atoms with Crippen molar-refractivity contribution in [3.8, 4) is 6.07 Å². The number of amides is 1. The highest BCUT2D eigenvalue weighted by Crippen LogP contribution is 2.27. The third-order valence-electron chi connectivity index (χ3n) is 5.92. The summed E-state index contributed by atoms with van der Waals surface area (Å²) in [7, 11) is 0. The van der Waals surface area contributed by atoms with Crippen LogP contribution in [-0.4, -0.2) is 23.5 Å². The summed E-state index contributed by atoms with van der Waals surface area (Å²) in [6.45, 7) is 4.69. The zero-order valence-electron chi connectivity index (χ0n) is 20.2. The molecule has 0 aliphatic carbocycles. The van der Waals surface area contributed by atoms with Crippen molar-refractivity contribution in [3.63, 3.8) is 0 Å². The van der Waals surface area contributed by atoms with Crippen molar-refractivity contribution in [3.05, 3.63) is 99.8 Å². The van der Waals surface area contributed by atoms with Gasteiger partial charge in [-0.3, -0.25) is 4.79 Å². The van der Waals surface area contributed by atoms with E-state index in [0.29, 0.717) is 17.0 Å².